The fourth-order valence-corrected chi connectivity index (χ4v) is 3.23. The lowest BCUT2D eigenvalue weighted by Crippen LogP contribution is -2.37. The molecule has 0 saturated heterocycles. The maximum atomic E-state index is 12.3. The molecule has 1 unspecified atom stereocenters. The van der Waals surface area contributed by atoms with Crippen molar-refractivity contribution in [3.63, 3.8) is 0 Å². The summed E-state index contributed by atoms with van der Waals surface area (Å²) >= 11 is 0. The van der Waals surface area contributed by atoms with Crippen molar-refractivity contribution in [2.45, 2.75) is 26.0 Å². The Balaban J connectivity index is 1.41. The molecule has 2 heterocycles. The van der Waals surface area contributed by atoms with E-state index in [2.05, 4.69) is 10.3 Å². The van der Waals surface area contributed by atoms with Crippen molar-refractivity contribution in [2.75, 3.05) is 6.54 Å². The van der Waals surface area contributed by atoms with Gasteiger partial charge < -0.3 is 19.0 Å². The number of imidazole rings is 1. The zero-order valence-corrected chi connectivity index (χ0v) is 16.0. The Labute approximate surface area is 166 Å². The molecule has 0 radical (unpaired) electrons. The van der Waals surface area contributed by atoms with Crippen molar-refractivity contribution in [1.82, 2.24) is 14.9 Å². The van der Waals surface area contributed by atoms with Crippen LogP contribution in [0.1, 0.15) is 13.3 Å². The van der Waals surface area contributed by atoms with Crippen LogP contribution in [0.25, 0.3) is 21.7 Å². The van der Waals surface area contributed by atoms with Crippen LogP contribution in [0.3, 0.4) is 0 Å². The van der Waals surface area contributed by atoms with E-state index in [9.17, 15) is 9.59 Å². The molecule has 7 heteroatoms. The van der Waals surface area contributed by atoms with E-state index < -0.39 is 11.7 Å². The van der Waals surface area contributed by atoms with Gasteiger partial charge in [0.2, 0.25) is 0 Å². The number of fused-ring (bicyclic) bond motifs is 3. The number of carbonyl (C=O) groups is 1. The summed E-state index contributed by atoms with van der Waals surface area (Å²) < 4.78 is 13.1. The number of benzene rings is 2. The topological polar surface area (TPSA) is 86.4 Å². The Morgan fingerprint density at radius 1 is 1.21 bits per heavy atom. The summed E-state index contributed by atoms with van der Waals surface area (Å²) in [5, 5.41) is 5.05. The predicted octanol–water partition coefficient (Wildman–Crippen LogP) is 3.12. The van der Waals surface area contributed by atoms with Crippen molar-refractivity contribution in [3.05, 3.63) is 71.6 Å². The molecule has 0 saturated carbocycles. The Hall–Kier alpha value is -3.61. The summed E-state index contributed by atoms with van der Waals surface area (Å²) in [6.45, 7) is 3.02. The van der Waals surface area contributed by atoms with Crippen LogP contribution in [0.5, 0.6) is 5.75 Å². The molecule has 0 spiro atoms. The molecule has 0 aliphatic rings. The first-order valence-electron chi connectivity index (χ1n) is 9.47. The summed E-state index contributed by atoms with van der Waals surface area (Å²) in [4.78, 5) is 28.4. The first kappa shape index (κ1) is 18.7. The zero-order valence-electron chi connectivity index (χ0n) is 16.0. The Kier molecular flexibility index (Phi) is 5.29. The van der Waals surface area contributed by atoms with E-state index in [0.717, 1.165) is 23.7 Å². The molecule has 7 nitrogen and oxygen atoms in total. The van der Waals surface area contributed by atoms with Gasteiger partial charge in [0.15, 0.2) is 6.10 Å². The van der Waals surface area contributed by atoms with Gasteiger partial charge in [-0.05, 0) is 36.9 Å². The molecule has 1 atom stereocenters. The van der Waals surface area contributed by atoms with Gasteiger partial charge in [-0.1, -0.05) is 18.2 Å². The molecule has 0 aliphatic heterocycles. The van der Waals surface area contributed by atoms with E-state index in [0.29, 0.717) is 23.3 Å². The van der Waals surface area contributed by atoms with Crippen LogP contribution >= 0.6 is 0 Å². The summed E-state index contributed by atoms with van der Waals surface area (Å²) in [5.41, 5.74) is 0.0353. The molecule has 0 aliphatic carbocycles. The highest BCUT2D eigenvalue weighted by Gasteiger charge is 2.15. The summed E-state index contributed by atoms with van der Waals surface area (Å²) in [6.07, 6.45) is 5.48. The fourth-order valence-electron chi connectivity index (χ4n) is 3.23. The number of carbonyl (C=O) groups excluding carboxylic acids is 1. The summed E-state index contributed by atoms with van der Waals surface area (Å²) in [7, 11) is 0. The lowest BCUT2D eigenvalue weighted by Gasteiger charge is -2.15. The Morgan fingerprint density at radius 3 is 2.83 bits per heavy atom. The van der Waals surface area contributed by atoms with Crippen molar-refractivity contribution in [3.8, 4) is 5.75 Å². The number of aromatic nitrogens is 2. The van der Waals surface area contributed by atoms with Crippen LogP contribution in [0.2, 0.25) is 0 Å². The highest BCUT2D eigenvalue weighted by molar-refractivity contribution is 6.04. The highest BCUT2D eigenvalue weighted by Crippen LogP contribution is 2.26. The molecule has 2 aromatic heterocycles. The van der Waals surface area contributed by atoms with E-state index in [1.807, 2.05) is 29.0 Å². The molecule has 2 aromatic carbocycles. The quantitative estimate of drug-likeness (QED) is 0.297. The summed E-state index contributed by atoms with van der Waals surface area (Å²) in [5.74, 6) is 0.271. The minimum atomic E-state index is -0.673. The SMILES string of the molecule is CC(Oc1ccc2c(c1)oc(=O)c1ccccc12)C(=O)NCCCn1ccnc1. The van der Waals surface area contributed by atoms with E-state index in [4.69, 9.17) is 9.15 Å². The van der Waals surface area contributed by atoms with Gasteiger partial charge in [-0.25, -0.2) is 9.78 Å². The van der Waals surface area contributed by atoms with Crippen molar-refractivity contribution >= 4 is 27.6 Å². The van der Waals surface area contributed by atoms with E-state index in [1.165, 1.54) is 0 Å². The van der Waals surface area contributed by atoms with E-state index in [1.54, 1.807) is 43.7 Å². The Morgan fingerprint density at radius 2 is 2.03 bits per heavy atom. The lowest BCUT2D eigenvalue weighted by molar-refractivity contribution is -0.127. The molecule has 0 fully saturated rings. The molecule has 0 bridgehead atoms. The third kappa shape index (κ3) is 4.13. The van der Waals surface area contributed by atoms with Crippen LogP contribution in [-0.2, 0) is 11.3 Å². The number of nitrogens with one attached hydrogen (secondary N) is 1. The molecule has 1 amide bonds. The van der Waals surface area contributed by atoms with Gasteiger partial charge in [0.1, 0.15) is 11.3 Å². The zero-order chi connectivity index (χ0) is 20.2. The minimum Gasteiger partial charge on any atom is -0.481 e. The van der Waals surface area contributed by atoms with E-state index >= 15 is 0 Å². The highest BCUT2D eigenvalue weighted by atomic mass is 16.5. The fraction of sp³-hybridized carbons (Fsp3) is 0.227. The predicted molar refractivity (Wildman–Crippen MR) is 110 cm³/mol. The van der Waals surface area contributed by atoms with E-state index in [-0.39, 0.29) is 5.91 Å². The van der Waals surface area contributed by atoms with Gasteiger partial charge in [0.25, 0.3) is 5.91 Å². The van der Waals surface area contributed by atoms with Crippen LogP contribution in [0.4, 0.5) is 0 Å². The first-order valence-corrected chi connectivity index (χ1v) is 9.47. The van der Waals surface area contributed by atoms with Crippen LogP contribution < -0.4 is 15.7 Å². The average molecular weight is 391 g/mol. The second-order valence-electron chi connectivity index (χ2n) is 6.80. The maximum absolute atomic E-state index is 12.3. The molecule has 29 heavy (non-hydrogen) atoms. The minimum absolute atomic E-state index is 0.198. The summed E-state index contributed by atoms with van der Waals surface area (Å²) in [6, 6.07) is 12.6. The van der Waals surface area contributed by atoms with Crippen molar-refractivity contribution in [1.29, 1.82) is 0 Å². The molecular formula is C22H21N3O4. The monoisotopic (exact) mass is 391 g/mol. The van der Waals surface area contributed by atoms with Crippen LogP contribution in [0.15, 0.2) is 70.4 Å². The molecule has 4 aromatic rings. The smallest absolute Gasteiger partial charge is 0.344 e. The average Bonchev–Trinajstić information content (AvgIpc) is 3.24. The lowest BCUT2D eigenvalue weighted by atomic mass is 10.1. The first-order chi connectivity index (χ1) is 14.1. The third-order valence-electron chi connectivity index (χ3n) is 4.73. The standard InChI is InChI=1S/C22H21N3O4/c1-15(21(26)24-9-4-11-25-12-10-23-14-25)28-16-7-8-18-17-5-2-3-6-19(17)22(27)29-20(18)13-16/h2-3,5-8,10,12-15H,4,9,11H2,1H3,(H,24,26). The second kappa shape index (κ2) is 8.18. The number of aryl methyl sites for hydroxylation is 1. The van der Waals surface area contributed by atoms with Crippen LogP contribution in [-0.4, -0.2) is 28.1 Å². The number of nitrogens with zero attached hydrogens (tertiary/aromatic N) is 2. The number of ether oxygens (including phenoxy) is 1. The normalized spacial score (nSPS) is 12.2. The second-order valence-corrected chi connectivity index (χ2v) is 6.80. The van der Waals surface area contributed by atoms with Gasteiger partial charge in [-0.2, -0.15) is 0 Å². The van der Waals surface area contributed by atoms with Crippen molar-refractivity contribution < 1.29 is 13.9 Å². The van der Waals surface area contributed by atoms with Crippen LogP contribution in [0, 0.1) is 0 Å². The van der Waals surface area contributed by atoms with Gasteiger partial charge in [0, 0.05) is 36.9 Å². The number of hydrogen-bond acceptors (Lipinski definition) is 5. The molecule has 148 valence electrons. The molecular weight excluding hydrogens is 370 g/mol. The Bertz CT molecular complexity index is 1200. The van der Waals surface area contributed by atoms with Gasteiger partial charge >= 0.3 is 5.63 Å². The van der Waals surface area contributed by atoms with Gasteiger partial charge in [0.05, 0.1) is 11.7 Å². The molecule has 4 rings (SSSR count). The maximum Gasteiger partial charge on any atom is 0.344 e. The molecule has 1 N–H and O–H groups in total. The number of rotatable bonds is 7. The van der Waals surface area contributed by atoms with Gasteiger partial charge in [-0.3, -0.25) is 4.79 Å². The largest absolute Gasteiger partial charge is 0.481 e. The van der Waals surface area contributed by atoms with Gasteiger partial charge in [-0.15, -0.1) is 0 Å². The number of amides is 1. The number of hydrogen-bond donors (Lipinski definition) is 1. The third-order valence-corrected chi connectivity index (χ3v) is 4.73. The van der Waals surface area contributed by atoms with Crippen molar-refractivity contribution in [2.24, 2.45) is 0 Å².